The van der Waals surface area contributed by atoms with Gasteiger partial charge in [-0.05, 0) is 52.9 Å². The molecule has 1 fully saturated rings. The lowest BCUT2D eigenvalue weighted by Crippen LogP contribution is -2.27. The lowest BCUT2D eigenvalue weighted by Gasteiger charge is -2.22. The molecule has 1 aromatic carbocycles. The molecular formula is C15H18BrClN2. The molecule has 0 aromatic heterocycles. The second-order valence-corrected chi connectivity index (χ2v) is 6.39. The Balaban J connectivity index is 2.05. The first-order valence-electron chi connectivity index (χ1n) is 6.82. The van der Waals surface area contributed by atoms with Crippen LogP contribution in [-0.4, -0.2) is 6.04 Å². The van der Waals surface area contributed by atoms with Crippen LogP contribution in [0.3, 0.4) is 0 Å². The fourth-order valence-electron chi connectivity index (χ4n) is 2.67. The molecule has 0 bridgehead atoms. The van der Waals surface area contributed by atoms with Gasteiger partial charge in [0.1, 0.15) is 6.04 Å². The van der Waals surface area contributed by atoms with Gasteiger partial charge in [0.05, 0.1) is 11.1 Å². The van der Waals surface area contributed by atoms with Crippen molar-refractivity contribution in [3.63, 3.8) is 0 Å². The van der Waals surface area contributed by atoms with E-state index in [1.54, 1.807) is 0 Å². The van der Waals surface area contributed by atoms with Gasteiger partial charge in [0.25, 0.3) is 0 Å². The van der Waals surface area contributed by atoms with Gasteiger partial charge in [-0.3, -0.25) is 0 Å². The first-order chi connectivity index (χ1) is 9.20. The molecule has 0 amide bonds. The van der Waals surface area contributed by atoms with Crippen LogP contribution in [0.4, 0.5) is 5.69 Å². The highest BCUT2D eigenvalue weighted by Gasteiger charge is 2.22. The van der Waals surface area contributed by atoms with Crippen molar-refractivity contribution >= 4 is 33.2 Å². The quantitative estimate of drug-likeness (QED) is 0.749. The minimum atomic E-state index is -0.105. The maximum atomic E-state index is 9.41. The second-order valence-electron chi connectivity index (χ2n) is 5.13. The van der Waals surface area contributed by atoms with E-state index in [-0.39, 0.29) is 6.04 Å². The zero-order valence-corrected chi connectivity index (χ0v) is 13.2. The van der Waals surface area contributed by atoms with E-state index in [4.69, 9.17) is 11.6 Å². The molecule has 1 aliphatic carbocycles. The van der Waals surface area contributed by atoms with E-state index in [0.717, 1.165) is 23.0 Å². The first-order valence-corrected chi connectivity index (χ1v) is 7.99. The highest BCUT2D eigenvalue weighted by molar-refractivity contribution is 9.10. The molecular weight excluding hydrogens is 324 g/mol. The van der Waals surface area contributed by atoms with E-state index in [0.29, 0.717) is 10.9 Å². The van der Waals surface area contributed by atoms with Crippen LogP contribution in [-0.2, 0) is 0 Å². The molecule has 1 unspecified atom stereocenters. The van der Waals surface area contributed by atoms with Crippen molar-refractivity contribution in [3.8, 4) is 6.07 Å². The lowest BCUT2D eigenvalue weighted by atomic mass is 9.92. The summed E-state index contributed by atoms with van der Waals surface area (Å²) >= 11 is 9.39. The standard InChI is InChI=1S/C15H18BrClN2/c16-13-9-12(7-8-14(13)17)19-15(10-18)11-5-3-1-2-4-6-11/h7-9,11,15,19H,1-6H2. The summed E-state index contributed by atoms with van der Waals surface area (Å²) in [5, 5.41) is 13.4. The summed E-state index contributed by atoms with van der Waals surface area (Å²) in [6.45, 7) is 0. The van der Waals surface area contributed by atoms with Gasteiger partial charge in [-0.25, -0.2) is 0 Å². The summed E-state index contributed by atoms with van der Waals surface area (Å²) in [6.07, 6.45) is 7.41. The average Bonchev–Trinajstić information content (AvgIpc) is 2.69. The van der Waals surface area contributed by atoms with Gasteiger partial charge in [-0.2, -0.15) is 5.26 Å². The third-order valence-corrected chi connectivity index (χ3v) is 4.97. The molecule has 1 aromatic rings. The van der Waals surface area contributed by atoms with Crippen molar-refractivity contribution < 1.29 is 0 Å². The van der Waals surface area contributed by atoms with Gasteiger partial charge >= 0.3 is 0 Å². The summed E-state index contributed by atoms with van der Waals surface area (Å²) in [5.74, 6) is 0.460. The summed E-state index contributed by atoms with van der Waals surface area (Å²) in [5.41, 5.74) is 0.951. The number of nitriles is 1. The maximum absolute atomic E-state index is 9.41. The average molecular weight is 342 g/mol. The monoisotopic (exact) mass is 340 g/mol. The van der Waals surface area contributed by atoms with Crippen molar-refractivity contribution in [2.24, 2.45) is 5.92 Å². The van der Waals surface area contributed by atoms with E-state index in [1.165, 1.54) is 25.7 Å². The van der Waals surface area contributed by atoms with Crippen molar-refractivity contribution in [2.75, 3.05) is 5.32 Å². The predicted octanol–water partition coefficient (Wildman–Crippen LogP) is 5.38. The lowest BCUT2D eigenvalue weighted by molar-refractivity contribution is 0.439. The molecule has 1 N–H and O–H groups in total. The molecule has 0 aliphatic heterocycles. The Kier molecular flexibility index (Phi) is 5.54. The first kappa shape index (κ1) is 14.7. The van der Waals surface area contributed by atoms with E-state index in [2.05, 4.69) is 27.3 Å². The van der Waals surface area contributed by atoms with E-state index < -0.39 is 0 Å². The minimum absolute atomic E-state index is 0.105. The van der Waals surface area contributed by atoms with Crippen molar-refractivity contribution in [3.05, 3.63) is 27.7 Å². The summed E-state index contributed by atoms with van der Waals surface area (Å²) in [4.78, 5) is 0. The van der Waals surface area contributed by atoms with Crippen LogP contribution in [0, 0.1) is 17.2 Å². The number of hydrogen-bond acceptors (Lipinski definition) is 2. The normalized spacial score (nSPS) is 18.4. The van der Waals surface area contributed by atoms with E-state index >= 15 is 0 Å². The zero-order chi connectivity index (χ0) is 13.7. The fraction of sp³-hybridized carbons (Fsp3) is 0.533. The van der Waals surface area contributed by atoms with Crippen LogP contribution in [0.15, 0.2) is 22.7 Å². The number of nitrogens with one attached hydrogen (secondary N) is 1. The predicted molar refractivity (Wildman–Crippen MR) is 83.4 cm³/mol. The Morgan fingerprint density at radius 2 is 1.95 bits per heavy atom. The molecule has 1 atom stereocenters. The van der Waals surface area contributed by atoms with Gasteiger partial charge in [-0.15, -0.1) is 0 Å². The molecule has 4 heteroatoms. The number of anilines is 1. The molecule has 1 aliphatic rings. The molecule has 2 rings (SSSR count). The smallest absolute Gasteiger partial charge is 0.117 e. The number of rotatable bonds is 3. The van der Waals surface area contributed by atoms with Crippen LogP contribution in [0.1, 0.15) is 38.5 Å². The van der Waals surface area contributed by atoms with Crippen LogP contribution in [0.5, 0.6) is 0 Å². The molecule has 0 saturated heterocycles. The van der Waals surface area contributed by atoms with E-state index in [1.807, 2.05) is 18.2 Å². The van der Waals surface area contributed by atoms with Gasteiger partial charge in [-0.1, -0.05) is 37.3 Å². The van der Waals surface area contributed by atoms with Crippen LogP contribution in [0.25, 0.3) is 0 Å². The molecule has 102 valence electrons. The van der Waals surface area contributed by atoms with Crippen molar-refractivity contribution in [1.82, 2.24) is 0 Å². The Labute approximate surface area is 128 Å². The Bertz CT molecular complexity index is 462. The largest absolute Gasteiger partial charge is 0.370 e. The van der Waals surface area contributed by atoms with Gasteiger partial charge in [0, 0.05) is 10.2 Å². The fourth-order valence-corrected chi connectivity index (χ4v) is 3.16. The summed E-state index contributed by atoms with van der Waals surface area (Å²) in [7, 11) is 0. The van der Waals surface area contributed by atoms with Gasteiger partial charge < -0.3 is 5.32 Å². The molecule has 2 nitrogen and oxygen atoms in total. The van der Waals surface area contributed by atoms with Crippen molar-refractivity contribution in [2.45, 2.75) is 44.6 Å². The maximum Gasteiger partial charge on any atom is 0.117 e. The van der Waals surface area contributed by atoms with E-state index in [9.17, 15) is 5.26 Å². The molecule has 0 radical (unpaired) electrons. The number of hydrogen-bond donors (Lipinski definition) is 1. The Morgan fingerprint density at radius 3 is 2.53 bits per heavy atom. The molecule has 1 saturated carbocycles. The third kappa shape index (κ3) is 4.12. The van der Waals surface area contributed by atoms with Crippen LogP contribution < -0.4 is 5.32 Å². The number of halogens is 2. The molecule has 0 spiro atoms. The minimum Gasteiger partial charge on any atom is -0.370 e. The zero-order valence-electron chi connectivity index (χ0n) is 10.8. The highest BCUT2D eigenvalue weighted by atomic mass is 79.9. The Morgan fingerprint density at radius 1 is 1.26 bits per heavy atom. The molecule has 19 heavy (non-hydrogen) atoms. The third-order valence-electron chi connectivity index (χ3n) is 3.75. The summed E-state index contributed by atoms with van der Waals surface area (Å²) in [6, 6.07) is 8.02. The highest BCUT2D eigenvalue weighted by Crippen LogP contribution is 2.29. The molecule has 0 heterocycles. The second kappa shape index (κ2) is 7.17. The SMILES string of the molecule is N#CC(Nc1ccc(Cl)c(Br)c1)C1CCCCCC1. The van der Waals surface area contributed by atoms with Gasteiger partial charge in [0.15, 0.2) is 0 Å². The topological polar surface area (TPSA) is 35.8 Å². The number of benzene rings is 1. The van der Waals surface area contributed by atoms with Crippen LogP contribution in [0.2, 0.25) is 5.02 Å². The van der Waals surface area contributed by atoms with Crippen LogP contribution >= 0.6 is 27.5 Å². The number of nitrogens with zero attached hydrogens (tertiary/aromatic N) is 1. The summed E-state index contributed by atoms with van der Waals surface area (Å²) < 4.78 is 0.858. The van der Waals surface area contributed by atoms with Crippen molar-refractivity contribution in [1.29, 1.82) is 5.26 Å². The Hall–Kier alpha value is -0.720. The van der Waals surface area contributed by atoms with Gasteiger partial charge in [0.2, 0.25) is 0 Å².